The maximum Gasteiger partial charge on any atom is 0.0349 e. The first-order chi connectivity index (χ1) is 5.25. The number of alkyl halides is 1. The fraction of sp³-hybridized carbons (Fsp3) is 0.333. The van der Waals surface area contributed by atoms with Crippen molar-refractivity contribution in [2.24, 2.45) is 0 Å². The van der Waals surface area contributed by atoms with Crippen molar-refractivity contribution in [1.82, 2.24) is 0 Å². The predicted octanol–water partition coefficient (Wildman–Crippen LogP) is 2.36. The number of nitrogens with two attached hydrogens (primary N) is 1. The van der Waals surface area contributed by atoms with Crippen molar-refractivity contribution in [1.29, 1.82) is 0 Å². The second kappa shape index (κ2) is 3.63. The van der Waals surface area contributed by atoms with Gasteiger partial charge >= 0.3 is 0 Å². The molecule has 60 valence electrons. The van der Waals surface area contributed by atoms with Gasteiger partial charge in [-0.15, -0.1) is 11.6 Å². The van der Waals surface area contributed by atoms with E-state index >= 15 is 0 Å². The summed E-state index contributed by atoms with van der Waals surface area (Å²) in [7, 11) is 0. The van der Waals surface area contributed by atoms with Crippen LogP contribution >= 0.6 is 11.6 Å². The summed E-state index contributed by atoms with van der Waals surface area (Å²) in [6.07, 6.45) is 0.861. The Morgan fingerprint density at radius 1 is 1.45 bits per heavy atom. The second-order valence-electron chi connectivity index (χ2n) is 2.58. The number of halogens is 1. The molecule has 0 unspecified atom stereocenters. The molecule has 0 radical (unpaired) electrons. The van der Waals surface area contributed by atoms with Crippen LogP contribution < -0.4 is 5.73 Å². The Bertz CT molecular complexity index is 225. The Kier molecular flexibility index (Phi) is 2.77. The summed E-state index contributed by atoms with van der Waals surface area (Å²) in [5, 5.41) is 0. The van der Waals surface area contributed by atoms with Crippen molar-refractivity contribution < 1.29 is 0 Å². The molecule has 0 saturated carbocycles. The zero-order valence-corrected chi connectivity index (χ0v) is 7.36. The molecule has 0 aliphatic rings. The molecule has 0 aliphatic heterocycles. The standard InChI is InChI=1S/C9H12ClN/c1-7-3-2-4-9(11)8(7)5-6-10/h2-4H,5-6,11H2,1H3. The van der Waals surface area contributed by atoms with Crippen LogP contribution in [0.5, 0.6) is 0 Å². The van der Waals surface area contributed by atoms with E-state index in [-0.39, 0.29) is 0 Å². The molecule has 2 heteroatoms. The van der Waals surface area contributed by atoms with E-state index in [1.165, 1.54) is 11.1 Å². The lowest BCUT2D eigenvalue weighted by molar-refractivity contribution is 1.12. The number of rotatable bonds is 2. The van der Waals surface area contributed by atoms with Crippen molar-refractivity contribution in [3.8, 4) is 0 Å². The van der Waals surface area contributed by atoms with Gasteiger partial charge in [-0.2, -0.15) is 0 Å². The van der Waals surface area contributed by atoms with E-state index in [1.54, 1.807) is 0 Å². The Balaban J connectivity index is 3.00. The molecule has 0 bridgehead atoms. The van der Waals surface area contributed by atoms with Gasteiger partial charge in [0.2, 0.25) is 0 Å². The zero-order valence-electron chi connectivity index (χ0n) is 6.60. The highest BCUT2D eigenvalue weighted by molar-refractivity contribution is 6.18. The third-order valence-corrected chi connectivity index (χ3v) is 1.98. The van der Waals surface area contributed by atoms with Gasteiger partial charge < -0.3 is 5.73 Å². The fourth-order valence-electron chi connectivity index (χ4n) is 1.16. The Morgan fingerprint density at radius 3 is 2.73 bits per heavy atom. The first-order valence-electron chi connectivity index (χ1n) is 3.65. The highest BCUT2D eigenvalue weighted by Crippen LogP contribution is 2.16. The van der Waals surface area contributed by atoms with Crippen LogP contribution in [0.25, 0.3) is 0 Å². The van der Waals surface area contributed by atoms with Crippen LogP contribution in [0.15, 0.2) is 18.2 Å². The summed E-state index contributed by atoms with van der Waals surface area (Å²) < 4.78 is 0. The minimum Gasteiger partial charge on any atom is -0.398 e. The van der Waals surface area contributed by atoms with Gasteiger partial charge in [0.25, 0.3) is 0 Å². The smallest absolute Gasteiger partial charge is 0.0349 e. The molecule has 1 aromatic carbocycles. The lowest BCUT2D eigenvalue weighted by atomic mass is 10.0. The average molecular weight is 170 g/mol. The van der Waals surface area contributed by atoms with Gasteiger partial charge in [0, 0.05) is 11.6 Å². The molecule has 0 aliphatic carbocycles. The average Bonchev–Trinajstić information content (AvgIpc) is 1.97. The minimum absolute atomic E-state index is 0.634. The molecule has 0 aromatic heterocycles. The Labute approximate surface area is 72.2 Å². The molecule has 1 rings (SSSR count). The Morgan fingerprint density at radius 2 is 2.18 bits per heavy atom. The normalized spacial score (nSPS) is 10.0. The van der Waals surface area contributed by atoms with Gasteiger partial charge in [-0.05, 0) is 30.5 Å². The number of hydrogen-bond acceptors (Lipinski definition) is 1. The molecule has 1 nitrogen and oxygen atoms in total. The van der Waals surface area contributed by atoms with Crippen LogP contribution in [-0.2, 0) is 6.42 Å². The Hall–Kier alpha value is -0.690. The largest absolute Gasteiger partial charge is 0.398 e. The van der Waals surface area contributed by atoms with Crippen LogP contribution in [0.1, 0.15) is 11.1 Å². The van der Waals surface area contributed by atoms with Gasteiger partial charge in [0.15, 0.2) is 0 Å². The summed E-state index contributed by atoms with van der Waals surface area (Å²) in [6.45, 7) is 2.05. The van der Waals surface area contributed by atoms with Gasteiger partial charge in [0.05, 0.1) is 0 Å². The van der Waals surface area contributed by atoms with E-state index in [9.17, 15) is 0 Å². The molecule has 0 heterocycles. The molecule has 2 N–H and O–H groups in total. The highest BCUT2D eigenvalue weighted by atomic mass is 35.5. The molecule has 0 spiro atoms. The number of hydrogen-bond donors (Lipinski definition) is 1. The highest BCUT2D eigenvalue weighted by Gasteiger charge is 2.00. The maximum atomic E-state index is 5.75. The summed E-state index contributed by atoms with van der Waals surface area (Å²) in [5.41, 5.74) is 9.01. The minimum atomic E-state index is 0.634. The fourth-order valence-corrected chi connectivity index (χ4v) is 1.35. The number of benzene rings is 1. The molecule has 11 heavy (non-hydrogen) atoms. The quantitative estimate of drug-likeness (QED) is 0.534. The molecule has 0 fully saturated rings. The van der Waals surface area contributed by atoms with E-state index in [1.807, 2.05) is 12.1 Å². The van der Waals surface area contributed by atoms with Crippen LogP contribution in [-0.4, -0.2) is 5.88 Å². The van der Waals surface area contributed by atoms with Crippen LogP contribution in [0.4, 0.5) is 5.69 Å². The van der Waals surface area contributed by atoms with Crippen molar-refractivity contribution in [2.75, 3.05) is 11.6 Å². The predicted molar refractivity (Wildman–Crippen MR) is 50.0 cm³/mol. The van der Waals surface area contributed by atoms with Gasteiger partial charge in [-0.1, -0.05) is 12.1 Å². The van der Waals surface area contributed by atoms with Gasteiger partial charge in [0.1, 0.15) is 0 Å². The first-order valence-corrected chi connectivity index (χ1v) is 4.19. The number of anilines is 1. The maximum absolute atomic E-state index is 5.75. The number of aryl methyl sites for hydroxylation is 1. The monoisotopic (exact) mass is 169 g/mol. The SMILES string of the molecule is Cc1cccc(N)c1CCCl. The van der Waals surface area contributed by atoms with E-state index in [2.05, 4.69) is 13.0 Å². The second-order valence-corrected chi connectivity index (χ2v) is 2.96. The molecule has 1 aromatic rings. The van der Waals surface area contributed by atoms with Crippen molar-refractivity contribution in [2.45, 2.75) is 13.3 Å². The topological polar surface area (TPSA) is 26.0 Å². The summed E-state index contributed by atoms with van der Waals surface area (Å²) >= 11 is 5.62. The molecular formula is C9H12ClN. The molecule has 0 amide bonds. The lowest BCUT2D eigenvalue weighted by Gasteiger charge is -2.06. The zero-order chi connectivity index (χ0) is 8.27. The van der Waals surface area contributed by atoms with Gasteiger partial charge in [-0.3, -0.25) is 0 Å². The van der Waals surface area contributed by atoms with E-state index in [0.717, 1.165) is 12.1 Å². The van der Waals surface area contributed by atoms with Crippen LogP contribution in [0.3, 0.4) is 0 Å². The summed E-state index contributed by atoms with van der Waals surface area (Å²) in [4.78, 5) is 0. The van der Waals surface area contributed by atoms with Crippen LogP contribution in [0, 0.1) is 6.92 Å². The van der Waals surface area contributed by atoms with Crippen LogP contribution in [0.2, 0.25) is 0 Å². The van der Waals surface area contributed by atoms with Crippen molar-refractivity contribution in [3.05, 3.63) is 29.3 Å². The van der Waals surface area contributed by atoms with E-state index in [4.69, 9.17) is 17.3 Å². The van der Waals surface area contributed by atoms with Crippen molar-refractivity contribution >= 4 is 17.3 Å². The number of nitrogen functional groups attached to an aromatic ring is 1. The van der Waals surface area contributed by atoms with E-state index < -0.39 is 0 Å². The molecular weight excluding hydrogens is 158 g/mol. The first kappa shape index (κ1) is 8.41. The van der Waals surface area contributed by atoms with E-state index in [0.29, 0.717) is 5.88 Å². The summed E-state index contributed by atoms with van der Waals surface area (Å²) in [6, 6.07) is 5.93. The molecule has 0 atom stereocenters. The third kappa shape index (κ3) is 1.87. The van der Waals surface area contributed by atoms with Gasteiger partial charge in [-0.25, -0.2) is 0 Å². The lowest BCUT2D eigenvalue weighted by Crippen LogP contribution is -1.97. The summed E-state index contributed by atoms with van der Waals surface area (Å²) in [5.74, 6) is 0.634. The third-order valence-electron chi connectivity index (χ3n) is 1.79. The van der Waals surface area contributed by atoms with Crippen molar-refractivity contribution in [3.63, 3.8) is 0 Å². The molecule has 0 saturated heterocycles.